The zero-order chi connectivity index (χ0) is 13.9. The molecule has 1 aromatic heterocycles. The highest BCUT2D eigenvalue weighted by Gasteiger charge is 2.05. The number of aromatic nitrogens is 1. The van der Waals surface area contributed by atoms with Gasteiger partial charge >= 0.3 is 0 Å². The molecule has 2 aromatic carbocycles. The molecular formula is C19H17N. The summed E-state index contributed by atoms with van der Waals surface area (Å²) in [6.45, 7) is 4.28. The molecule has 0 aliphatic rings. The first kappa shape index (κ1) is 12.6. The first-order valence-electron chi connectivity index (χ1n) is 6.83. The van der Waals surface area contributed by atoms with Crippen molar-refractivity contribution >= 4 is 0 Å². The van der Waals surface area contributed by atoms with Crippen molar-refractivity contribution in [3.63, 3.8) is 0 Å². The van der Waals surface area contributed by atoms with Gasteiger partial charge in [0.15, 0.2) is 0 Å². The SMILES string of the molecule is Cc1ccc(-c2ccnc(-c3ccccc3)c2)c(C)c1. The van der Waals surface area contributed by atoms with Gasteiger partial charge < -0.3 is 0 Å². The fourth-order valence-corrected chi connectivity index (χ4v) is 2.50. The highest BCUT2D eigenvalue weighted by atomic mass is 14.7. The minimum absolute atomic E-state index is 1.02. The molecule has 3 rings (SSSR count). The molecule has 1 heterocycles. The molecule has 0 atom stereocenters. The molecule has 0 bridgehead atoms. The minimum atomic E-state index is 1.02. The van der Waals surface area contributed by atoms with E-state index < -0.39 is 0 Å². The lowest BCUT2D eigenvalue weighted by Gasteiger charge is -2.09. The Morgan fingerprint density at radius 1 is 0.750 bits per heavy atom. The van der Waals surface area contributed by atoms with Crippen LogP contribution in [0.3, 0.4) is 0 Å². The Hall–Kier alpha value is -2.41. The van der Waals surface area contributed by atoms with Crippen molar-refractivity contribution in [2.24, 2.45) is 0 Å². The normalized spacial score (nSPS) is 10.5. The van der Waals surface area contributed by atoms with Crippen LogP contribution in [-0.4, -0.2) is 4.98 Å². The molecule has 0 fully saturated rings. The Bertz CT molecular complexity index is 730. The second-order valence-electron chi connectivity index (χ2n) is 5.11. The number of hydrogen-bond acceptors (Lipinski definition) is 1. The predicted octanol–water partition coefficient (Wildman–Crippen LogP) is 5.03. The molecule has 0 saturated heterocycles. The number of hydrogen-bond donors (Lipinski definition) is 0. The van der Waals surface area contributed by atoms with E-state index in [0.717, 1.165) is 11.3 Å². The van der Waals surface area contributed by atoms with Gasteiger partial charge in [-0.15, -0.1) is 0 Å². The maximum absolute atomic E-state index is 4.48. The molecule has 3 aromatic rings. The van der Waals surface area contributed by atoms with Crippen LogP contribution >= 0.6 is 0 Å². The molecule has 0 amide bonds. The number of aryl methyl sites for hydroxylation is 2. The van der Waals surface area contributed by atoms with Crippen LogP contribution < -0.4 is 0 Å². The number of benzene rings is 2. The molecule has 0 unspecified atom stereocenters. The maximum Gasteiger partial charge on any atom is 0.0708 e. The van der Waals surface area contributed by atoms with Crippen molar-refractivity contribution in [3.8, 4) is 22.4 Å². The average molecular weight is 259 g/mol. The third-order valence-corrected chi connectivity index (χ3v) is 3.52. The van der Waals surface area contributed by atoms with Crippen LogP contribution in [0, 0.1) is 13.8 Å². The van der Waals surface area contributed by atoms with Crippen LogP contribution in [0.4, 0.5) is 0 Å². The van der Waals surface area contributed by atoms with Gasteiger partial charge in [-0.2, -0.15) is 0 Å². The van der Waals surface area contributed by atoms with Crippen LogP contribution in [0.25, 0.3) is 22.4 Å². The minimum Gasteiger partial charge on any atom is -0.256 e. The molecule has 0 radical (unpaired) electrons. The van der Waals surface area contributed by atoms with E-state index in [4.69, 9.17) is 0 Å². The third-order valence-electron chi connectivity index (χ3n) is 3.52. The number of rotatable bonds is 2. The standard InChI is InChI=1S/C19H17N/c1-14-8-9-18(15(2)12-14)17-10-11-20-19(13-17)16-6-4-3-5-7-16/h3-13H,1-2H3. The van der Waals surface area contributed by atoms with E-state index in [1.165, 1.54) is 22.3 Å². The summed E-state index contributed by atoms with van der Waals surface area (Å²) in [5, 5.41) is 0. The molecule has 0 saturated carbocycles. The largest absolute Gasteiger partial charge is 0.256 e. The summed E-state index contributed by atoms with van der Waals surface area (Å²) in [4.78, 5) is 4.48. The summed E-state index contributed by atoms with van der Waals surface area (Å²) < 4.78 is 0. The third kappa shape index (κ3) is 2.48. The Labute approximate surface area is 119 Å². The van der Waals surface area contributed by atoms with E-state index in [-0.39, 0.29) is 0 Å². The zero-order valence-corrected chi connectivity index (χ0v) is 11.8. The predicted molar refractivity (Wildman–Crippen MR) is 84.6 cm³/mol. The quantitative estimate of drug-likeness (QED) is 0.628. The van der Waals surface area contributed by atoms with Crippen LogP contribution in [0.5, 0.6) is 0 Å². The topological polar surface area (TPSA) is 12.9 Å². The smallest absolute Gasteiger partial charge is 0.0708 e. The highest BCUT2D eigenvalue weighted by Crippen LogP contribution is 2.27. The van der Waals surface area contributed by atoms with E-state index in [2.05, 4.69) is 61.3 Å². The highest BCUT2D eigenvalue weighted by molar-refractivity contribution is 5.72. The summed E-state index contributed by atoms with van der Waals surface area (Å²) >= 11 is 0. The Morgan fingerprint density at radius 3 is 2.30 bits per heavy atom. The second kappa shape index (κ2) is 5.30. The summed E-state index contributed by atoms with van der Waals surface area (Å²) in [6, 6.07) is 21.1. The lowest BCUT2D eigenvalue weighted by atomic mass is 9.98. The summed E-state index contributed by atoms with van der Waals surface area (Å²) in [5.74, 6) is 0. The Kier molecular flexibility index (Phi) is 3.34. The molecule has 0 aliphatic carbocycles. The monoisotopic (exact) mass is 259 g/mol. The van der Waals surface area contributed by atoms with Crippen molar-refractivity contribution in [2.75, 3.05) is 0 Å². The maximum atomic E-state index is 4.48. The fraction of sp³-hybridized carbons (Fsp3) is 0.105. The number of pyridine rings is 1. The molecule has 1 nitrogen and oxygen atoms in total. The van der Waals surface area contributed by atoms with Crippen molar-refractivity contribution < 1.29 is 0 Å². The number of nitrogens with zero attached hydrogens (tertiary/aromatic N) is 1. The van der Waals surface area contributed by atoms with Crippen molar-refractivity contribution in [1.29, 1.82) is 0 Å². The van der Waals surface area contributed by atoms with Crippen LogP contribution in [0.15, 0.2) is 66.9 Å². The van der Waals surface area contributed by atoms with Crippen LogP contribution in [0.2, 0.25) is 0 Å². The van der Waals surface area contributed by atoms with Gasteiger partial charge in [0.1, 0.15) is 0 Å². The Morgan fingerprint density at radius 2 is 1.55 bits per heavy atom. The van der Waals surface area contributed by atoms with E-state index in [1.54, 1.807) is 0 Å². The van der Waals surface area contributed by atoms with E-state index >= 15 is 0 Å². The van der Waals surface area contributed by atoms with Crippen molar-refractivity contribution in [1.82, 2.24) is 4.98 Å². The van der Waals surface area contributed by atoms with Gasteiger partial charge in [-0.05, 0) is 42.7 Å². The van der Waals surface area contributed by atoms with Gasteiger partial charge in [0.05, 0.1) is 5.69 Å². The fourth-order valence-electron chi connectivity index (χ4n) is 2.50. The lowest BCUT2D eigenvalue weighted by Crippen LogP contribution is -1.88. The van der Waals surface area contributed by atoms with Gasteiger partial charge in [-0.1, -0.05) is 54.1 Å². The summed E-state index contributed by atoms with van der Waals surface area (Å²) in [7, 11) is 0. The summed E-state index contributed by atoms with van der Waals surface area (Å²) in [6.07, 6.45) is 1.89. The molecular weight excluding hydrogens is 242 g/mol. The summed E-state index contributed by atoms with van der Waals surface area (Å²) in [5.41, 5.74) is 7.26. The van der Waals surface area contributed by atoms with Gasteiger partial charge in [0.2, 0.25) is 0 Å². The van der Waals surface area contributed by atoms with E-state index in [1.807, 2.05) is 24.4 Å². The molecule has 0 aliphatic heterocycles. The lowest BCUT2D eigenvalue weighted by molar-refractivity contribution is 1.31. The van der Waals surface area contributed by atoms with Gasteiger partial charge in [-0.25, -0.2) is 0 Å². The molecule has 0 N–H and O–H groups in total. The zero-order valence-electron chi connectivity index (χ0n) is 11.8. The first-order chi connectivity index (χ1) is 9.74. The molecule has 20 heavy (non-hydrogen) atoms. The molecule has 0 spiro atoms. The van der Waals surface area contributed by atoms with E-state index in [9.17, 15) is 0 Å². The van der Waals surface area contributed by atoms with Gasteiger partial charge in [0.25, 0.3) is 0 Å². The van der Waals surface area contributed by atoms with Crippen molar-refractivity contribution in [3.05, 3.63) is 78.0 Å². The van der Waals surface area contributed by atoms with Crippen LogP contribution in [-0.2, 0) is 0 Å². The molecule has 98 valence electrons. The van der Waals surface area contributed by atoms with Crippen molar-refractivity contribution in [2.45, 2.75) is 13.8 Å². The average Bonchev–Trinajstić information content (AvgIpc) is 2.48. The van der Waals surface area contributed by atoms with Crippen LogP contribution in [0.1, 0.15) is 11.1 Å². The second-order valence-corrected chi connectivity index (χ2v) is 5.11. The van der Waals surface area contributed by atoms with Gasteiger partial charge in [0, 0.05) is 11.8 Å². The van der Waals surface area contributed by atoms with E-state index in [0.29, 0.717) is 0 Å². The Balaban J connectivity index is 2.08. The first-order valence-corrected chi connectivity index (χ1v) is 6.83. The molecule has 1 heteroatoms. The van der Waals surface area contributed by atoms with Gasteiger partial charge in [-0.3, -0.25) is 4.98 Å².